The van der Waals surface area contributed by atoms with Crippen molar-refractivity contribution in [3.63, 3.8) is 0 Å². The molecule has 124 valence electrons. The van der Waals surface area contributed by atoms with Gasteiger partial charge in [0, 0.05) is 34.7 Å². The Morgan fingerprint density at radius 2 is 1.96 bits per heavy atom. The zero-order valence-electron chi connectivity index (χ0n) is 12.3. The molecule has 0 spiro atoms. The van der Waals surface area contributed by atoms with Crippen LogP contribution in [-0.2, 0) is 9.59 Å². The lowest BCUT2D eigenvalue weighted by Gasteiger charge is -2.52. The Hall–Kier alpha value is -2.55. The van der Waals surface area contributed by atoms with Gasteiger partial charge in [-0.25, -0.2) is 9.59 Å². The van der Waals surface area contributed by atoms with Gasteiger partial charge in [0.05, 0.1) is 6.04 Å². The van der Waals surface area contributed by atoms with Crippen molar-refractivity contribution < 1.29 is 24.6 Å². The number of carboxylic acids is 1. The summed E-state index contributed by atoms with van der Waals surface area (Å²) in [5.41, 5.74) is -0.0136. The molecule has 0 bridgehead atoms. The maximum Gasteiger partial charge on any atom is 0.408 e. The predicted octanol–water partition coefficient (Wildman–Crippen LogP) is 1.06. The Balaban J connectivity index is 1.73. The number of amides is 2. The van der Waals surface area contributed by atoms with Crippen LogP contribution in [0.2, 0.25) is 0 Å². The molecule has 3 atom stereocenters. The quantitative estimate of drug-likeness (QED) is 0.787. The molecule has 0 aromatic carbocycles. The summed E-state index contributed by atoms with van der Waals surface area (Å²) in [6.45, 7) is 0.230. The van der Waals surface area contributed by atoms with E-state index in [1.807, 2.05) is 0 Å². The summed E-state index contributed by atoms with van der Waals surface area (Å²) in [4.78, 5) is 43.2. The van der Waals surface area contributed by atoms with Gasteiger partial charge in [-0.05, 0) is 18.6 Å². The van der Waals surface area contributed by atoms with Crippen molar-refractivity contribution in [2.24, 2.45) is 5.92 Å². The van der Waals surface area contributed by atoms with Crippen molar-refractivity contribution in [3.8, 4) is 0 Å². The van der Waals surface area contributed by atoms with Crippen molar-refractivity contribution in [3.05, 3.63) is 35.1 Å². The zero-order valence-corrected chi connectivity index (χ0v) is 13.1. The van der Waals surface area contributed by atoms with Crippen LogP contribution in [0.15, 0.2) is 40.0 Å². The molecule has 8 nitrogen and oxygen atoms in total. The molecule has 4 heterocycles. The summed E-state index contributed by atoms with van der Waals surface area (Å²) >= 11 is 1.31. The van der Waals surface area contributed by atoms with Gasteiger partial charge >= 0.3 is 12.1 Å². The minimum absolute atomic E-state index is 0.0136. The Morgan fingerprint density at radius 1 is 1.25 bits per heavy atom. The molecule has 1 aromatic heterocycles. The van der Waals surface area contributed by atoms with E-state index in [4.69, 9.17) is 0 Å². The third-order valence-electron chi connectivity index (χ3n) is 4.68. The fourth-order valence-electron chi connectivity index (χ4n) is 3.72. The maximum absolute atomic E-state index is 12.4. The highest BCUT2D eigenvalue weighted by atomic mass is 32.2. The number of pyridine rings is 1. The summed E-state index contributed by atoms with van der Waals surface area (Å²) in [6, 6.07) is 2.38. The minimum Gasteiger partial charge on any atom is -0.477 e. The molecule has 1 aromatic rings. The number of carbonyl (C=O) groups excluding carboxylic acids is 1. The molecule has 3 aliphatic rings. The highest BCUT2D eigenvalue weighted by Crippen LogP contribution is 2.53. The molecule has 2 fully saturated rings. The number of carboxylic acid groups (broad SMARTS) is 2. The first kappa shape index (κ1) is 15.0. The van der Waals surface area contributed by atoms with E-state index < -0.39 is 30.1 Å². The van der Waals surface area contributed by atoms with Gasteiger partial charge < -0.3 is 10.2 Å². The lowest BCUT2D eigenvalue weighted by Crippen LogP contribution is -2.73. The summed E-state index contributed by atoms with van der Waals surface area (Å²) in [5, 5.41) is 18.8. The highest BCUT2D eigenvalue weighted by molar-refractivity contribution is 8.03. The fourth-order valence-corrected chi connectivity index (χ4v) is 4.92. The Labute approximate surface area is 140 Å². The maximum atomic E-state index is 12.4. The standard InChI is InChI=1S/C15H13N3O5S/c19-13-10-9-8(3-6-17(10)15(22)23)12(11(14(20)21)18(9)13)24-7-1-4-16-5-2-7/h1-2,4-5,8-10H,3,6H2,(H,20,21)(H,22,23)/t8?,9-,10+/m1/s1. The topological polar surface area (TPSA) is 111 Å². The molecule has 1 unspecified atom stereocenters. The Kier molecular flexibility index (Phi) is 3.27. The van der Waals surface area contributed by atoms with E-state index in [-0.39, 0.29) is 18.2 Å². The molecule has 24 heavy (non-hydrogen) atoms. The van der Waals surface area contributed by atoms with Crippen molar-refractivity contribution in [2.45, 2.75) is 23.4 Å². The number of rotatable bonds is 3. The number of β-lactam (4-membered cyclic amide) rings is 1. The summed E-state index contributed by atoms with van der Waals surface area (Å²) < 4.78 is 0. The molecule has 2 amide bonds. The number of hydrogen-bond acceptors (Lipinski definition) is 5. The van der Waals surface area contributed by atoms with Crippen LogP contribution in [0.3, 0.4) is 0 Å². The van der Waals surface area contributed by atoms with Gasteiger partial charge in [0.15, 0.2) is 0 Å². The predicted molar refractivity (Wildman–Crippen MR) is 82.0 cm³/mol. The van der Waals surface area contributed by atoms with E-state index in [0.29, 0.717) is 11.3 Å². The number of aromatic nitrogens is 1. The lowest BCUT2D eigenvalue weighted by atomic mass is 9.81. The molecule has 2 N–H and O–H groups in total. The molecule has 4 rings (SSSR count). The highest BCUT2D eigenvalue weighted by Gasteiger charge is 2.64. The van der Waals surface area contributed by atoms with Crippen molar-refractivity contribution in [1.82, 2.24) is 14.8 Å². The first-order valence-electron chi connectivity index (χ1n) is 7.38. The second kappa shape index (κ2) is 5.23. The van der Waals surface area contributed by atoms with Crippen molar-refractivity contribution >= 4 is 29.7 Å². The average molecular weight is 347 g/mol. The fraction of sp³-hybridized carbons (Fsp3) is 0.333. The van der Waals surface area contributed by atoms with Crippen LogP contribution in [0, 0.1) is 5.92 Å². The van der Waals surface area contributed by atoms with Gasteiger partial charge in [0.2, 0.25) is 0 Å². The Bertz CT molecular complexity index is 781. The lowest BCUT2D eigenvalue weighted by molar-refractivity contribution is -0.161. The van der Waals surface area contributed by atoms with Gasteiger partial charge in [0.25, 0.3) is 5.91 Å². The molecular formula is C15H13N3O5S. The number of piperidine rings is 1. The van der Waals surface area contributed by atoms with Crippen LogP contribution in [0.5, 0.6) is 0 Å². The van der Waals surface area contributed by atoms with Crippen LogP contribution >= 0.6 is 11.8 Å². The second-order valence-corrected chi connectivity index (χ2v) is 6.93. The van der Waals surface area contributed by atoms with Gasteiger partial charge in [0.1, 0.15) is 11.7 Å². The largest absolute Gasteiger partial charge is 0.477 e. The van der Waals surface area contributed by atoms with E-state index in [1.165, 1.54) is 16.7 Å². The van der Waals surface area contributed by atoms with E-state index >= 15 is 0 Å². The summed E-state index contributed by atoms with van der Waals surface area (Å²) in [6.07, 6.45) is 2.60. The van der Waals surface area contributed by atoms with Crippen LogP contribution in [0.25, 0.3) is 0 Å². The molecule has 9 heteroatoms. The monoisotopic (exact) mass is 347 g/mol. The molecule has 2 saturated heterocycles. The number of nitrogens with zero attached hydrogens (tertiary/aromatic N) is 3. The minimum atomic E-state index is -1.16. The van der Waals surface area contributed by atoms with Gasteiger partial charge in [-0.1, -0.05) is 11.8 Å². The normalized spacial score (nSPS) is 27.8. The third kappa shape index (κ3) is 1.94. The molecule has 3 aliphatic heterocycles. The summed E-state index contributed by atoms with van der Waals surface area (Å²) in [7, 11) is 0. The average Bonchev–Trinajstić information content (AvgIpc) is 2.87. The number of thioether (sulfide) groups is 1. The SMILES string of the molecule is O=C(O)C1=C(Sc2ccncc2)C2CCN(C(=O)O)[C@@H]3C(=O)N1[C@H]23. The first-order chi connectivity index (χ1) is 11.5. The zero-order chi connectivity index (χ0) is 17.0. The van der Waals surface area contributed by atoms with Crippen LogP contribution in [0.1, 0.15) is 6.42 Å². The Morgan fingerprint density at radius 3 is 2.58 bits per heavy atom. The first-order valence-corrected chi connectivity index (χ1v) is 8.20. The van der Waals surface area contributed by atoms with Crippen molar-refractivity contribution in [1.29, 1.82) is 0 Å². The van der Waals surface area contributed by atoms with Gasteiger partial charge in [-0.2, -0.15) is 0 Å². The van der Waals surface area contributed by atoms with Crippen LogP contribution in [0.4, 0.5) is 4.79 Å². The van der Waals surface area contributed by atoms with Crippen LogP contribution in [-0.4, -0.2) is 61.6 Å². The number of hydrogen-bond donors (Lipinski definition) is 2. The summed E-state index contributed by atoms with van der Waals surface area (Å²) in [5.74, 6) is -1.75. The van der Waals surface area contributed by atoms with E-state index in [1.54, 1.807) is 24.5 Å². The second-order valence-electron chi connectivity index (χ2n) is 5.82. The van der Waals surface area contributed by atoms with E-state index in [9.17, 15) is 24.6 Å². The number of carbonyl (C=O) groups is 3. The van der Waals surface area contributed by atoms with Gasteiger partial charge in [-0.15, -0.1) is 0 Å². The smallest absolute Gasteiger partial charge is 0.408 e. The van der Waals surface area contributed by atoms with Crippen LogP contribution < -0.4 is 0 Å². The van der Waals surface area contributed by atoms with E-state index in [0.717, 1.165) is 9.80 Å². The van der Waals surface area contributed by atoms with Gasteiger partial charge in [-0.3, -0.25) is 19.6 Å². The number of likely N-dealkylation sites (tertiary alicyclic amines) is 1. The molecule has 0 radical (unpaired) electrons. The molecule has 0 saturated carbocycles. The number of aliphatic carboxylic acids is 1. The van der Waals surface area contributed by atoms with Crippen molar-refractivity contribution in [2.75, 3.05) is 6.54 Å². The molecule has 0 aliphatic carbocycles. The molecular weight excluding hydrogens is 334 g/mol. The third-order valence-corrected chi connectivity index (χ3v) is 5.90. The van der Waals surface area contributed by atoms with E-state index in [2.05, 4.69) is 4.98 Å².